The molecular formula is C16H24N2O3S. The van der Waals surface area contributed by atoms with Crippen molar-refractivity contribution in [3.63, 3.8) is 0 Å². The molecule has 1 aliphatic heterocycles. The summed E-state index contributed by atoms with van der Waals surface area (Å²) in [5.41, 5.74) is 0.784. The molecule has 1 aliphatic carbocycles. The van der Waals surface area contributed by atoms with Gasteiger partial charge in [0.15, 0.2) is 9.84 Å². The number of aromatic nitrogens is 1. The molecule has 1 N–H and O–H groups in total. The maximum Gasteiger partial charge on any atom is 0.177 e. The molecule has 0 aromatic carbocycles. The zero-order chi connectivity index (χ0) is 15.6. The first kappa shape index (κ1) is 15.9. The molecule has 0 amide bonds. The number of rotatable bonds is 6. The van der Waals surface area contributed by atoms with Gasteiger partial charge in [-0.3, -0.25) is 4.98 Å². The summed E-state index contributed by atoms with van der Waals surface area (Å²) in [6, 6.07) is 3.32. The summed E-state index contributed by atoms with van der Waals surface area (Å²) in [5.74, 6) is 2.43. The molecule has 1 aromatic rings. The van der Waals surface area contributed by atoms with Crippen molar-refractivity contribution in [2.75, 3.05) is 26.0 Å². The van der Waals surface area contributed by atoms with Crippen LogP contribution >= 0.6 is 0 Å². The lowest BCUT2D eigenvalue weighted by molar-refractivity contribution is 0.101. The van der Waals surface area contributed by atoms with Crippen molar-refractivity contribution < 1.29 is 13.2 Å². The Kier molecular flexibility index (Phi) is 4.80. The molecule has 1 aromatic heterocycles. The van der Waals surface area contributed by atoms with Gasteiger partial charge in [-0.05, 0) is 62.2 Å². The molecule has 0 spiro atoms. The molecule has 2 unspecified atom stereocenters. The lowest BCUT2D eigenvalue weighted by Gasteiger charge is -2.22. The molecule has 0 radical (unpaired) electrons. The van der Waals surface area contributed by atoms with E-state index in [1.165, 1.54) is 31.7 Å². The van der Waals surface area contributed by atoms with E-state index >= 15 is 0 Å². The van der Waals surface area contributed by atoms with Crippen molar-refractivity contribution in [2.24, 2.45) is 17.8 Å². The fraction of sp³-hybridized carbons (Fsp3) is 0.688. The van der Waals surface area contributed by atoms with Crippen LogP contribution in [0.15, 0.2) is 23.2 Å². The van der Waals surface area contributed by atoms with Crippen LogP contribution in [0, 0.1) is 17.8 Å². The van der Waals surface area contributed by atoms with E-state index in [4.69, 9.17) is 4.74 Å². The fourth-order valence-electron chi connectivity index (χ4n) is 3.34. The molecule has 6 heteroatoms. The van der Waals surface area contributed by atoms with E-state index in [1.807, 2.05) is 0 Å². The molecule has 5 nitrogen and oxygen atoms in total. The molecule has 1 saturated heterocycles. The Bertz CT molecular complexity index is 594. The molecule has 2 fully saturated rings. The highest BCUT2D eigenvalue weighted by atomic mass is 32.2. The Labute approximate surface area is 132 Å². The molecule has 1 saturated carbocycles. The number of nitrogens with zero attached hydrogens (tertiary/aromatic N) is 1. The van der Waals surface area contributed by atoms with Crippen LogP contribution in [0.25, 0.3) is 0 Å². The van der Waals surface area contributed by atoms with E-state index in [1.54, 1.807) is 12.1 Å². The van der Waals surface area contributed by atoms with Crippen molar-refractivity contribution >= 4 is 9.84 Å². The summed E-state index contributed by atoms with van der Waals surface area (Å²) < 4.78 is 28.5. The second-order valence-corrected chi connectivity index (χ2v) is 8.54. The summed E-state index contributed by atoms with van der Waals surface area (Å²) in [6.07, 6.45) is 6.49. The molecule has 122 valence electrons. The van der Waals surface area contributed by atoms with E-state index in [0.29, 0.717) is 12.5 Å². The third-order valence-electron chi connectivity index (χ3n) is 4.77. The van der Waals surface area contributed by atoms with E-state index < -0.39 is 9.84 Å². The highest BCUT2D eigenvalue weighted by Crippen LogP contribution is 2.47. The van der Waals surface area contributed by atoms with Crippen molar-refractivity contribution in [3.8, 4) is 0 Å². The van der Waals surface area contributed by atoms with Crippen LogP contribution in [-0.2, 0) is 21.2 Å². The summed E-state index contributed by atoms with van der Waals surface area (Å²) in [7, 11) is -3.17. The topological polar surface area (TPSA) is 68.3 Å². The van der Waals surface area contributed by atoms with E-state index in [0.717, 1.165) is 37.2 Å². The average Bonchev–Trinajstić information content (AvgIpc) is 3.27. The Hall–Kier alpha value is -0.980. The van der Waals surface area contributed by atoms with Crippen LogP contribution in [0.1, 0.15) is 25.0 Å². The Morgan fingerprint density at radius 1 is 1.32 bits per heavy atom. The van der Waals surface area contributed by atoms with Crippen LogP contribution in [0.4, 0.5) is 0 Å². The van der Waals surface area contributed by atoms with E-state index in [2.05, 4.69) is 10.3 Å². The minimum atomic E-state index is -3.17. The van der Waals surface area contributed by atoms with Crippen molar-refractivity contribution in [3.05, 3.63) is 24.0 Å². The number of hydrogen-bond acceptors (Lipinski definition) is 5. The third kappa shape index (κ3) is 4.06. The van der Waals surface area contributed by atoms with E-state index in [-0.39, 0.29) is 4.90 Å². The Morgan fingerprint density at radius 2 is 2.09 bits per heavy atom. The maximum atomic E-state index is 11.4. The highest BCUT2D eigenvalue weighted by Gasteiger charge is 2.42. The predicted molar refractivity (Wildman–Crippen MR) is 84.2 cm³/mol. The standard InChI is InChI=1S/C16H24N2O3S/c1-22(19,20)15-3-2-14(18-9-15)11-21-10-13-8-16(13)12-4-6-17-7-5-12/h2-3,9,12-13,16-17H,4-8,10-11H2,1H3. The van der Waals surface area contributed by atoms with Crippen LogP contribution in [0.3, 0.4) is 0 Å². The Balaban J connectivity index is 1.40. The largest absolute Gasteiger partial charge is 0.375 e. The van der Waals surface area contributed by atoms with Gasteiger partial charge in [-0.2, -0.15) is 0 Å². The lowest BCUT2D eigenvalue weighted by atomic mass is 9.92. The van der Waals surface area contributed by atoms with E-state index in [9.17, 15) is 8.42 Å². The molecule has 22 heavy (non-hydrogen) atoms. The zero-order valence-corrected chi connectivity index (χ0v) is 13.8. The molecule has 2 aliphatic rings. The second kappa shape index (κ2) is 6.64. The van der Waals surface area contributed by atoms with Crippen LogP contribution in [0.5, 0.6) is 0 Å². The first-order valence-corrected chi connectivity index (χ1v) is 9.86. The van der Waals surface area contributed by atoms with Gasteiger partial charge in [-0.1, -0.05) is 0 Å². The van der Waals surface area contributed by atoms with Crippen LogP contribution in [0.2, 0.25) is 0 Å². The minimum Gasteiger partial charge on any atom is -0.375 e. The summed E-state index contributed by atoms with van der Waals surface area (Å²) >= 11 is 0. The quantitative estimate of drug-likeness (QED) is 0.861. The van der Waals surface area contributed by atoms with Crippen LogP contribution in [-0.4, -0.2) is 39.4 Å². The van der Waals surface area contributed by atoms with Gasteiger partial charge in [0, 0.05) is 12.5 Å². The second-order valence-electron chi connectivity index (χ2n) is 6.52. The van der Waals surface area contributed by atoms with Gasteiger partial charge in [0.25, 0.3) is 0 Å². The number of nitrogens with one attached hydrogen (secondary N) is 1. The molecule has 3 rings (SSSR count). The van der Waals surface area contributed by atoms with Gasteiger partial charge in [-0.15, -0.1) is 0 Å². The SMILES string of the molecule is CS(=O)(=O)c1ccc(COCC2CC2C2CCNCC2)nc1. The minimum absolute atomic E-state index is 0.254. The predicted octanol–water partition coefficient (Wildman–Crippen LogP) is 1.64. The first-order chi connectivity index (χ1) is 10.5. The lowest BCUT2D eigenvalue weighted by Crippen LogP contribution is -2.29. The Morgan fingerprint density at radius 3 is 2.73 bits per heavy atom. The first-order valence-electron chi connectivity index (χ1n) is 7.97. The molecule has 2 heterocycles. The van der Waals surface area contributed by atoms with Gasteiger partial charge in [-0.25, -0.2) is 8.42 Å². The number of sulfone groups is 1. The van der Waals surface area contributed by atoms with Crippen molar-refractivity contribution in [1.82, 2.24) is 10.3 Å². The highest BCUT2D eigenvalue weighted by molar-refractivity contribution is 7.90. The molecule has 2 atom stereocenters. The van der Waals surface area contributed by atoms with Gasteiger partial charge in [0.2, 0.25) is 0 Å². The van der Waals surface area contributed by atoms with Gasteiger partial charge in [0.1, 0.15) is 0 Å². The summed E-state index contributed by atoms with van der Waals surface area (Å²) in [4.78, 5) is 4.41. The normalized spacial score (nSPS) is 26.0. The summed E-state index contributed by atoms with van der Waals surface area (Å²) in [6.45, 7) is 3.57. The fourth-order valence-corrected chi connectivity index (χ4v) is 3.90. The summed E-state index contributed by atoms with van der Waals surface area (Å²) in [5, 5.41) is 3.41. The number of hydrogen-bond donors (Lipinski definition) is 1. The maximum absolute atomic E-state index is 11.4. The number of ether oxygens (including phenoxy) is 1. The van der Waals surface area contributed by atoms with Crippen LogP contribution < -0.4 is 5.32 Å². The smallest absolute Gasteiger partial charge is 0.177 e. The monoisotopic (exact) mass is 324 g/mol. The molecule has 0 bridgehead atoms. The third-order valence-corrected chi connectivity index (χ3v) is 5.87. The van der Waals surface area contributed by atoms with Crippen molar-refractivity contribution in [2.45, 2.75) is 30.8 Å². The number of piperidine rings is 1. The van der Waals surface area contributed by atoms with Gasteiger partial charge in [0.05, 0.1) is 23.8 Å². The zero-order valence-electron chi connectivity index (χ0n) is 13.0. The van der Waals surface area contributed by atoms with Gasteiger partial charge < -0.3 is 10.1 Å². The average molecular weight is 324 g/mol. The molecular weight excluding hydrogens is 300 g/mol. The van der Waals surface area contributed by atoms with Crippen molar-refractivity contribution in [1.29, 1.82) is 0 Å². The van der Waals surface area contributed by atoms with Gasteiger partial charge >= 0.3 is 0 Å². The number of pyridine rings is 1.